The summed E-state index contributed by atoms with van der Waals surface area (Å²) >= 11 is -0.322. The van der Waals surface area contributed by atoms with Gasteiger partial charge in [-0.25, -0.2) is 17.6 Å². The molecule has 27 heavy (non-hydrogen) atoms. The second kappa shape index (κ2) is 12.9. The Kier molecular flexibility index (Phi) is 13.8. The van der Waals surface area contributed by atoms with Gasteiger partial charge in [-0.3, -0.25) is 14.6 Å². The number of hydrogen-bond acceptors (Lipinski definition) is 8. The van der Waals surface area contributed by atoms with Gasteiger partial charge in [0.05, 0.1) is 6.42 Å². The van der Waals surface area contributed by atoms with E-state index in [9.17, 15) is 50.0 Å². The third-order valence-corrected chi connectivity index (χ3v) is 2.99. The fraction of sp³-hybridized carbons (Fsp3) is 0.800. The summed E-state index contributed by atoms with van der Waals surface area (Å²) in [7, 11) is 0. The molecule has 0 saturated carbocycles. The normalized spacial score (nSPS) is 13.3. The second-order valence-corrected chi connectivity index (χ2v) is 5.21. The molecule has 17 heteroatoms. The van der Waals surface area contributed by atoms with Crippen LogP contribution in [0.25, 0.3) is 0 Å². The van der Waals surface area contributed by atoms with Gasteiger partial charge in [0.25, 0.3) is 0 Å². The van der Waals surface area contributed by atoms with Crippen LogP contribution in [0.4, 0.5) is 35.1 Å². The molecule has 0 radical (unpaired) electrons. The standard InChI is InChI=1S/C10H10F8O7S.Na/c11-7(12)9(15,16)2-22-5(19)1-4(26-25-24-21)6(20)23-3-10(17,18)8(13)14;/h4,7-8,21H,1-3H2;/q;+1/p-1. The molecule has 0 aromatic carbocycles. The predicted octanol–water partition coefficient (Wildman–Crippen LogP) is -1.49. The average Bonchev–Trinajstić information content (AvgIpc) is 2.54. The molecule has 0 fully saturated rings. The van der Waals surface area contributed by atoms with E-state index in [2.05, 4.69) is 18.8 Å². The smallest absolute Gasteiger partial charge is 0.691 e. The molecule has 0 rings (SSSR count). The van der Waals surface area contributed by atoms with Crippen LogP contribution in [-0.4, -0.2) is 55.1 Å². The van der Waals surface area contributed by atoms with Crippen molar-refractivity contribution in [3.63, 3.8) is 0 Å². The fourth-order valence-electron chi connectivity index (χ4n) is 0.993. The van der Waals surface area contributed by atoms with Gasteiger partial charge >= 0.3 is 66.2 Å². The van der Waals surface area contributed by atoms with Crippen LogP contribution in [0.2, 0.25) is 0 Å². The van der Waals surface area contributed by atoms with Crippen molar-refractivity contribution in [3.8, 4) is 0 Å². The molecule has 0 aliphatic heterocycles. The number of rotatable bonds is 12. The summed E-state index contributed by atoms with van der Waals surface area (Å²) in [5.74, 6) is -13.0. The zero-order valence-electron chi connectivity index (χ0n) is 13.1. The first-order chi connectivity index (χ1) is 11.8. The van der Waals surface area contributed by atoms with Gasteiger partial charge in [0, 0.05) is 12.0 Å². The molecule has 0 spiro atoms. The van der Waals surface area contributed by atoms with Crippen molar-refractivity contribution in [3.05, 3.63) is 0 Å². The van der Waals surface area contributed by atoms with Crippen LogP contribution in [-0.2, 0) is 28.4 Å². The molecule has 0 aromatic heterocycles. The van der Waals surface area contributed by atoms with Crippen molar-refractivity contribution >= 4 is 24.0 Å². The Hall–Kier alpha value is -0.390. The molecule has 0 N–H and O–H groups in total. The van der Waals surface area contributed by atoms with Crippen LogP contribution in [0.3, 0.4) is 0 Å². The van der Waals surface area contributed by atoms with Gasteiger partial charge in [0.1, 0.15) is 5.25 Å². The molecule has 0 aromatic rings. The third kappa shape index (κ3) is 11.3. The summed E-state index contributed by atoms with van der Waals surface area (Å²) in [5, 5.41) is 10.4. The molecule has 0 bridgehead atoms. The Balaban J connectivity index is 0. The maximum absolute atomic E-state index is 12.6. The number of halogens is 8. The van der Waals surface area contributed by atoms with Crippen molar-refractivity contribution in [1.82, 2.24) is 0 Å². The zero-order valence-corrected chi connectivity index (χ0v) is 16.0. The maximum Gasteiger partial charge on any atom is 1.00 e. The van der Waals surface area contributed by atoms with Crippen LogP contribution < -0.4 is 34.8 Å². The Bertz CT molecular complexity index is 471. The number of carbonyl (C=O) groups is 2. The minimum atomic E-state index is -4.74. The van der Waals surface area contributed by atoms with E-state index in [1.807, 2.05) is 0 Å². The minimum absolute atomic E-state index is 0. The van der Waals surface area contributed by atoms with Gasteiger partial charge in [-0.1, -0.05) is 0 Å². The van der Waals surface area contributed by atoms with Crippen LogP contribution in [0, 0.1) is 0 Å². The predicted molar refractivity (Wildman–Crippen MR) is 62.0 cm³/mol. The molecule has 154 valence electrons. The van der Waals surface area contributed by atoms with Crippen LogP contribution in [0.5, 0.6) is 0 Å². The zero-order chi connectivity index (χ0) is 20.5. The van der Waals surface area contributed by atoms with Gasteiger partial charge in [-0.05, 0) is 0 Å². The molecule has 0 amide bonds. The second-order valence-electron chi connectivity index (χ2n) is 4.32. The Morgan fingerprint density at radius 2 is 1.37 bits per heavy atom. The van der Waals surface area contributed by atoms with Crippen molar-refractivity contribution in [2.75, 3.05) is 13.2 Å². The van der Waals surface area contributed by atoms with E-state index in [1.165, 1.54) is 0 Å². The molecule has 1 atom stereocenters. The fourth-order valence-corrected chi connectivity index (χ4v) is 1.47. The Labute approximate surface area is 172 Å². The molecular formula is C10H9F8NaO7S. The van der Waals surface area contributed by atoms with Crippen LogP contribution in [0.15, 0.2) is 0 Å². The molecule has 1 unspecified atom stereocenters. The van der Waals surface area contributed by atoms with Crippen molar-refractivity contribution in [1.29, 1.82) is 0 Å². The minimum Gasteiger partial charge on any atom is -0.691 e. The van der Waals surface area contributed by atoms with E-state index in [0.29, 0.717) is 0 Å². The molecule has 7 nitrogen and oxygen atoms in total. The molecular weight excluding hydrogens is 439 g/mol. The molecule has 0 aliphatic rings. The number of alkyl halides is 8. The van der Waals surface area contributed by atoms with Gasteiger partial charge < -0.3 is 14.7 Å². The summed E-state index contributed by atoms with van der Waals surface area (Å²) in [6.45, 7) is -4.18. The monoisotopic (exact) mass is 448 g/mol. The van der Waals surface area contributed by atoms with Gasteiger partial charge in [-0.15, -0.1) is 0 Å². The summed E-state index contributed by atoms with van der Waals surface area (Å²) in [4.78, 5) is 22.7. The van der Waals surface area contributed by atoms with E-state index < -0.39 is 61.5 Å². The third-order valence-electron chi connectivity index (χ3n) is 2.27. The first kappa shape index (κ1) is 28.8. The Morgan fingerprint density at radius 3 is 1.78 bits per heavy atom. The van der Waals surface area contributed by atoms with Gasteiger partial charge in [-0.2, -0.15) is 21.9 Å². The Morgan fingerprint density at radius 1 is 0.926 bits per heavy atom. The van der Waals surface area contributed by atoms with E-state index in [0.717, 1.165) is 0 Å². The summed E-state index contributed by atoms with van der Waals surface area (Å²) < 4.78 is 109. The topological polar surface area (TPSA) is 94.1 Å². The summed E-state index contributed by atoms with van der Waals surface area (Å²) in [5.41, 5.74) is 0. The SMILES string of the molecule is O=C(CC(SOO[O-])C(=O)OCC(F)(F)C(F)F)OCC(F)(F)C(F)F.[Na+]. The molecule has 0 heterocycles. The van der Waals surface area contributed by atoms with Crippen molar-refractivity contribution in [2.24, 2.45) is 0 Å². The van der Waals surface area contributed by atoms with Crippen LogP contribution >= 0.6 is 12.0 Å². The van der Waals surface area contributed by atoms with Gasteiger partial charge in [0.15, 0.2) is 13.2 Å². The molecule has 0 saturated heterocycles. The maximum atomic E-state index is 12.6. The quantitative estimate of drug-likeness (QED) is 0.0891. The first-order valence-electron chi connectivity index (χ1n) is 6.09. The summed E-state index contributed by atoms with van der Waals surface area (Å²) in [6.07, 6.45) is -9.64. The summed E-state index contributed by atoms with van der Waals surface area (Å²) in [6, 6.07) is 0. The van der Waals surface area contributed by atoms with Crippen LogP contribution in [0.1, 0.15) is 6.42 Å². The first-order valence-corrected chi connectivity index (χ1v) is 6.90. The van der Waals surface area contributed by atoms with E-state index in [-0.39, 0.29) is 41.6 Å². The van der Waals surface area contributed by atoms with E-state index in [4.69, 9.17) is 0 Å². The average molecular weight is 448 g/mol. The number of hydrogen-bond donors (Lipinski definition) is 0. The van der Waals surface area contributed by atoms with E-state index >= 15 is 0 Å². The number of ether oxygens (including phenoxy) is 2. The number of esters is 2. The van der Waals surface area contributed by atoms with Gasteiger partial charge in [0.2, 0.25) is 0 Å². The largest absolute Gasteiger partial charge is 1.00 e. The molecule has 0 aliphatic carbocycles. The van der Waals surface area contributed by atoms with Crippen molar-refractivity contribution < 1.29 is 98.4 Å². The number of carbonyl (C=O) groups excluding carboxylic acids is 2. The van der Waals surface area contributed by atoms with E-state index in [1.54, 1.807) is 0 Å². The van der Waals surface area contributed by atoms with Crippen molar-refractivity contribution in [2.45, 2.75) is 36.4 Å².